The topological polar surface area (TPSA) is 51.2 Å². The number of hydrogen-bond acceptors (Lipinski definition) is 3. The number of aliphatic imine (C=N–C) groups is 1. The minimum absolute atomic E-state index is 0. The van der Waals surface area contributed by atoms with Gasteiger partial charge in [0.05, 0.1) is 12.6 Å². The van der Waals surface area contributed by atoms with Gasteiger partial charge in [-0.25, -0.2) is 0 Å². The molecule has 2 aliphatic heterocycles. The van der Waals surface area contributed by atoms with Crippen molar-refractivity contribution in [1.82, 2.24) is 20.0 Å². The highest BCUT2D eigenvalue weighted by Crippen LogP contribution is 2.27. The molecular formula is C21H33ClIN5O. The van der Waals surface area contributed by atoms with Crippen molar-refractivity contribution in [3.05, 3.63) is 34.9 Å². The normalized spacial score (nSPS) is 19.1. The van der Waals surface area contributed by atoms with E-state index in [-0.39, 0.29) is 35.9 Å². The number of likely N-dealkylation sites (tertiary alicyclic amines) is 1. The fourth-order valence-electron chi connectivity index (χ4n) is 4.03. The molecule has 8 heteroatoms. The zero-order valence-electron chi connectivity index (χ0n) is 17.4. The van der Waals surface area contributed by atoms with E-state index >= 15 is 0 Å². The first kappa shape index (κ1) is 24.2. The maximum absolute atomic E-state index is 11.6. The second-order valence-corrected chi connectivity index (χ2v) is 7.94. The summed E-state index contributed by atoms with van der Waals surface area (Å²) in [6.07, 6.45) is 2.49. The Bertz CT molecular complexity index is 687. The van der Waals surface area contributed by atoms with Crippen LogP contribution in [0.15, 0.2) is 29.3 Å². The van der Waals surface area contributed by atoms with Crippen molar-refractivity contribution in [2.45, 2.75) is 32.7 Å². The van der Waals surface area contributed by atoms with Gasteiger partial charge in [-0.15, -0.1) is 24.0 Å². The summed E-state index contributed by atoms with van der Waals surface area (Å²) >= 11 is 6.26. The molecule has 3 rings (SSSR count). The average molecular weight is 534 g/mol. The lowest BCUT2D eigenvalue weighted by Crippen LogP contribution is -2.53. The van der Waals surface area contributed by atoms with Gasteiger partial charge in [-0.05, 0) is 50.6 Å². The molecule has 1 N–H and O–H groups in total. The van der Waals surface area contributed by atoms with Gasteiger partial charge in [0.25, 0.3) is 0 Å². The van der Waals surface area contributed by atoms with Crippen LogP contribution in [0.25, 0.3) is 0 Å². The molecule has 1 unspecified atom stereocenters. The molecule has 0 aromatic heterocycles. The number of hydrogen-bond donors (Lipinski definition) is 1. The zero-order chi connectivity index (χ0) is 19.9. The van der Waals surface area contributed by atoms with Gasteiger partial charge in [0, 0.05) is 44.7 Å². The molecule has 0 aliphatic carbocycles. The number of rotatable bonds is 5. The van der Waals surface area contributed by atoms with Crippen molar-refractivity contribution in [1.29, 1.82) is 0 Å². The van der Waals surface area contributed by atoms with Gasteiger partial charge in [0.2, 0.25) is 5.91 Å². The van der Waals surface area contributed by atoms with Crippen LogP contribution in [0.4, 0.5) is 0 Å². The molecule has 2 heterocycles. The minimum atomic E-state index is 0. The highest BCUT2D eigenvalue weighted by atomic mass is 127. The number of carbonyl (C=O) groups excluding carboxylic acids is 1. The first-order chi connectivity index (χ1) is 13.6. The quantitative estimate of drug-likeness (QED) is 0.359. The Kier molecular flexibility index (Phi) is 9.98. The van der Waals surface area contributed by atoms with Gasteiger partial charge in [-0.3, -0.25) is 14.7 Å². The lowest BCUT2D eigenvalue weighted by molar-refractivity contribution is -0.130. The molecule has 1 aromatic carbocycles. The number of carbonyl (C=O) groups is 1. The Hall–Kier alpha value is -1.06. The summed E-state index contributed by atoms with van der Waals surface area (Å²) in [7, 11) is 0. The van der Waals surface area contributed by atoms with Crippen LogP contribution in [-0.4, -0.2) is 78.9 Å². The summed E-state index contributed by atoms with van der Waals surface area (Å²) in [6.45, 7) is 10.6. The van der Waals surface area contributed by atoms with E-state index in [1.165, 1.54) is 18.4 Å². The Labute approximate surface area is 196 Å². The molecule has 1 aromatic rings. The summed E-state index contributed by atoms with van der Waals surface area (Å²) in [4.78, 5) is 23.3. The Morgan fingerprint density at radius 1 is 1.14 bits per heavy atom. The first-order valence-electron chi connectivity index (χ1n) is 10.4. The van der Waals surface area contributed by atoms with Crippen molar-refractivity contribution >= 4 is 47.4 Å². The summed E-state index contributed by atoms with van der Waals surface area (Å²) in [5.41, 5.74) is 1.23. The van der Waals surface area contributed by atoms with Gasteiger partial charge in [0.15, 0.2) is 5.96 Å². The highest BCUT2D eigenvalue weighted by molar-refractivity contribution is 14.0. The van der Waals surface area contributed by atoms with E-state index in [1.807, 2.05) is 17.0 Å². The Balaban J connectivity index is 0.00000300. The number of amides is 1. The summed E-state index contributed by atoms with van der Waals surface area (Å²) in [5, 5.41) is 4.21. The van der Waals surface area contributed by atoms with Crippen molar-refractivity contribution < 1.29 is 4.79 Å². The standard InChI is InChI=1S/C21H32ClN5O.HI/c1-3-23-21(27-13-11-25(12-14-27)17(2)28)24-16-20(26-9-4-5-10-26)18-7-6-8-19(22)15-18;/h6-8,15,20H,3-5,9-14,16H2,1-2H3,(H,23,24);1H. The Morgan fingerprint density at radius 3 is 2.38 bits per heavy atom. The molecule has 0 saturated carbocycles. The molecule has 29 heavy (non-hydrogen) atoms. The van der Waals surface area contributed by atoms with E-state index in [2.05, 4.69) is 34.2 Å². The number of halogens is 2. The molecular weight excluding hydrogens is 501 g/mol. The molecule has 1 atom stereocenters. The number of nitrogens with zero attached hydrogens (tertiary/aromatic N) is 4. The van der Waals surface area contributed by atoms with E-state index in [9.17, 15) is 4.79 Å². The van der Waals surface area contributed by atoms with Crippen LogP contribution in [0.5, 0.6) is 0 Å². The minimum Gasteiger partial charge on any atom is -0.357 e. The predicted octanol–water partition coefficient (Wildman–Crippen LogP) is 3.22. The summed E-state index contributed by atoms with van der Waals surface area (Å²) < 4.78 is 0. The van der Waals surface area contributed by atoms with E-state index in [0.717, 1.165) is 56.8 Å². The molecule has 2 fully saturated rings. The molecule has 0 radical (unpaired) electrons. The largest absolute Gasteiger partial charge is 0.357 e. The smallest absolute Gasteiger partial charge is 0.219 e. The fraction of sp³-hybridized carbons (Fsp3) is 0.619. The third kappa shape index (κ3) is 6.72. The molecule has 162 valence electrons. The van der Waals surface area contributed by atoms with E-state index in [0.29, 0.717) is 6.54 Å². The molecule has 0 spiro atoms. The molecule has 0 bridgehead atoms. The second kappa shape index (κ2) is 12.0. The monoisotopic (exact) mass is 533 g/mol. The van der Waals surface area contributed by atoms with Crippen LogP contribution < -0.4 is 5.32 Å². The van der Waals surface area contributed by atoms with E-state index in [1.54, 1.807) is 6.92 Å². The zero-order valence-corrected chi connectivity index (χ0v) is 20.5. The van der Waals surface area contributed by atoms with E-state index < -0.39 is 0 Å². The molecule has 2 saturated heterocycles. The van der Waals surface area contributed by atoms with Crippen LogP contribution in [0.2, 0.25) is 5.02 Å². The van der Waals surface area contributed by atoms with Crippen molar-refractivity contribution in [3.8, 4) is 0 Å². The highest BCUT2D eigenvalue weighted by Gasteiger charge is 2.25. The SMILES string of the molecule is CCNC(=NCC(c1cccc(Cl)c1)N1CCCC1)N1CCN(C(C)=O)CC1.I. The van der Waals surface area contributed by atoms with Gasteiger partial charge in [0.1, 0.15) is 0 Å². The Morgan fingerprint density at radius 2 is 1.79 bits per heavy atom. The lowest BCUT2D eigenvalue weighted by atomic mass is 10.1. The van der Waals surface area contributed by atoms with Gasteiger partial charge in [-0.2, -0.15) is 0 Å². The summed E-state index contributed by atoms with van der Waals surface area (Å²) in [5.74, 6) is 1.09. The maximum Gasteiger partial charge on any atom is 0.219 e. The molecule has 2 aliphatic rings. The van der Waals surface area contributed by atoms with Crippen molar-refractivity contribution in [2.75, 3.05) is 52.4 Å². The van der Waals surface area contributed by atoms with Crippen LogP contribution in [0, 0.1) is 0 Å². The van der Waals surface area contributed by atoms with Gasteiger partial charge in [-0.1, -0.05) is 23.7 Å². The van der Waals surface area contributed by atoms with Crippen molar-refractivity contribution in [3.63, 3.8) is 0 Å². The average Bonchev–Trinajstić information content (AvgIpc) is 3.22. The van der Waals surface area contributed by atoms with Crippen LogP contribution in [0.1, 0.15) is 38.3 Å². The number of benzene rings is 1. The second-order valence-electron chi connectivity index (χ2n) is 7.50. The third-order valence-corrected chi connectivity index (χ3v) is 5.82. The number of piperazine rings is 1. The fourth-order valence-corrected chi connectivity index (χ4v) is 4.23. The van der Waals surface area contributed by atoms with E-state index in [4.69, 9.17) is 16.6 Å². The third-order valence-electron chi connectivity index (χ3n) is 5.59. The van der Waals surface area contributed by atoms with Crippen molar-refractivity contribution in [2.24, 2.45) is 4.99 Å². The predicted molar refractivity (Wildman–Crippen MR) is 130 cm³/mol. The lowest BCUT2D eigenvalue weighted by Gasteiger charge is -2.36. The van der Waals surface area contributed by atoms with Crippen LogP contribution in [-0.2, 0) is 4.79 Å². The van der Waals surface area contributed by atoms with Crippen LogP contribution >= 0.6 is 35.6 Å². The van der Waals surface area contributed by atoms with Gasteiger partial charge < -0.3 is 15.1 Å². The number of guanidine groups is 1. The number of nitrogens with one attached hydrogen (secondary N) is 1. The first-order valence-corrected chi connectivity index (χ1v) is 10.7. The van der Waals surface area contributed by atoms with Crippen LogP contribution in [0.3, 0.4) is 0 Å². The maximum atomic E-state index is 11.6. The molecule has 1 amide bonds. The molecule has 6 nitrogen and oxygen atoms in total. The summed E-state index contributed by atoms with van der Waals surface area (Å²) in [6, 6.07) is 8.42. The van der Waals surface area contributed by atoms with Gasteiger partial charge >= 0.3 is 0 Å².